The Balaban J connectivity index is 2.39. The van der Waals surface area contributed by atoms with Crippen LogP contribution in [0.15, 0.2) is 34.8 Å². The molecule has 0 unspecified atom stereocenters. The molecule has 0 aliphatic heterocycles. The molecule has 0 aliphatic carbocycles. The van der Waals surface area contributed by atoms with E-state index in [0.717, 1.165) is 29.6 Å². The number of hydrogen-bond acceptors (Lipinski definition) is 2. The van der Waals surface area contributed by atoms with Crippen LogP contribution in [0.25, 0.3) is 0 Å². The van der Waals surface area contributed by atoms with Crippen molar-refractivity contribution in [3.05, 3.63) is 40.6 Å². The summed E-state index contributed by atoms with van der Waals surface area (Å²) in [7, 11) is 0. The lowest BCUT2D eigenvalue weighted by Gasteiger charge is -2.10. The van der Waals surface area contributed by atoms with Crippen LogP contribution >= 0.6 is 15.9 Å². The summed E-state index contributed by atoms with van der Waals surface area (Å²) in [6.07, 6.45) is 1.09. The third-order valence-corrected chi connectivity index (χ3v) is 2.78. The number of nitrogens with one attached hydrogen (secondary N) is 1. The zero-order chi connectivity index (χ0) is 12.7. The molecule has 4 heteroatoms. The first-order valence-electron chi connectivity index (χ1n) is 5.58. The van der Waals surface area contributed by atoms with Gasteiger partial charge in [-0.25, -0.2) is 4.39 Å². The minimum atomic E-state index is -0.307. The van der Waals surface area contributed by atoms with E-state index in [4.69, 9.17) is 4.74 Å². The van der Waals surface area contributed by atoms with Crippen LogP contribution < -0.4 is 10.1 Å². The molecule has 0 bridgehead atoms. The first-order valence-corrected chi connectivity index (χ1v) is 6.38. The van der Waals surface area contributed by atoms with Crippen LogP contribution in [0.3, 0.4) is 0 Å². The van der Waals surface area contributed by atoms with Crippen molar-refractivity contribution in [3.8, 4) is 5.75 Å². The molecular weight excluding hydrogens is 285 g/mol. The third-order valence-electron chi connectivity index (χ3n) is 2.13. The Hall–Kier alpha value is -0.870. The van der Waals surface area contributed by atoms with Crippen LogP contribution in [0.2, 0.25) is 0 Å². The fourth-order valence-electron chi connectivity index (χ4n) is 1.26. The number of rotatable bonds is 7. The van der Waals surface area contributed by atoms with E-state index >= 15 is 0 Å². The molecular formula is C13H17BrFNO. The molecule has 1 aromatic carbocycles. The first kappa shape index (κ1) is 14.2. The average molecular weight is 302 g/mol. The Labute approximate surface area is 110 Å². The summed E-state index contributed by atoms with van der Waals surface area (Å²) >= 11 is 3.31. The molecule has 0 fully saturated rings. The van der Waals surface area contributed by atoms with Crippen LogP contribution in [0, 0.1) is 5.82 Å². The normalized spacial score (nSPS) is 10.3. The second kappa shape index (κ2) is 7.45. The monoisotopic (exact) mass is 301 g/mol. The number of halogens is 2. The molecule has 1 aromatic rings. The maximum atomic E-state index is 13.0. The van der Waals surface area contributed by atoms with Crippen molar-refractivity contribution in [3.63, 3.8) is 0 Å². The summed E-state index contributed by atoms with van der Waals surface area (Å²) in [6.45, 7) is 8.08. The van der Waals surface area contributed by atoms with E-state index in [-0.39, 0.29) is 5.82 Å². The van der Waals surface area contributed by atoms with Gasteiger partial charge >= 0.3 is 0 Å². The standard InChI is InChI=1S/C13H17BrFNO/c1-3-6-16-8-10(2)9-17-13-7-11(15)4-5-12(13)14/h4-5,7,16H,2-3,6,8-9H2,1H3. The Kier molecular flexibility index (Phi) is 6.22. The van der Waals surface area contributed by atoms with Crippen molar-refractivity contribution in [2.45, 2.75) is 13.3 Å². The molecule has 2 nitrogen and oxygen atoms in total. The summed E-state index contributed by atoms with van der Waals surface area (Å²) in [6, 6.07) is 4.37. The molecule has 0 aliphatic rings. The maximum Gasteiger partial charge on any atom is 0.136 e. The van der Waals surface area contributed by atoms with Crippen molar-refractivity contribution < 1.29 is 9.13 Å². The van der Waals surface area contributed by atoms with Crippen LogP contribution in [0.4, 0.5) is 4.39 Å². The molecule has 0 saturated carbocycles. The predicted octanol–water partition coefficient (Wildman–Crippen LogP) is 3.52. The first-order chi connectivity index (χ1) is 8.13. The maximum absolute atomic E-state index is 13.0. The van der Waals surface area contributed by atoms with Gasteiger partial charge in [-0.3, -0.25) is 0 Å². The lowest BCUT2D eigenvalue weighted by Crippen LogP contribution is -2.20. The van der Waals surface area contributed by atoms with Crippen molar-refractivity contribution in [1.82, 2.24) is 5.32 Å². The van der Waals surface area contributed by atoms with Gasteiger partial charge in [-0.1, -0.05) is 13.5 Å². The molecule has 0 aromatic heterocycles. The summed E-state index contributed by atoms with van der Waals surface area (Å²) in [4.78, 5) is 0. The molecule has 0 atom stereocenters. The quantitative estimate of drug-likeness (QED) is 0.614. The highest BCUT2D eigenvalue weighted by atomic mass is 79.9. The van der Waals surface area contributed by atoms with Crippen LogP contribution in [-0.4, -0.2) is 19.7 Å². The number of ether oxygens (including phenoxy) is 1. The van der Waals surface area contributed by atoms with Gasteiger partial charge in [0, 0.05) is 12.6 Å². The summed E-state index contributed by atoms with van der Waals surface area (Å²) < 4.78 is 19.2. The SMILES string of the molecule is C=C(CNCCC)COc1cc(F)ccc1Br. The largest absolute Gasteiger partial charge is 0.488 e. The van der Waals surface area contributed by atoms with E-state index in [1.807, 2.05) is 0 Å². The second-order valence-corrected chi connectivity index (χ2v) is 4.64. The molecule has 17 heavy (non-hydrogen) atoms. The highest BCUT2D eigenvalue weighted by Gasteiger charge is 2.03. The van der Waals surface area contributed by atoms with Gasteiger partial charge in [0.05, 0.1) is 4.47 Å². The fraction of sp³-hybridized carbons (Fsp3) is 0.385. The Morgan fingerprint density at radius 2 is 2.29 bits per heavy atom. The lowest BCUT2D eigenvalue weighted by molar-refractivity contribution is 0.344. The van der Waals surface area contributed by atoms with Gasteiger partial charge in [-0.2, -0.15) is 0 Å². The second-order valence-electron chi connectivity index (χ2n) is 3.79. The number of hydrogen-bond donors (Lipinski definition) is 1. The van der Waals surface area contributed by atoms with E-state index < -0.39 is 0 Å². The van der Waals surface area contributed by atoms with E-state index in [1.165, 1.54) is 12.1 Å². The molecule has 0 saturated heterocycles. The fourth-order valence-corrected chi connectivity index (χ4v) is 1.62. The summed E-state index contributed by atoms with van der Waals surface area (Å²) in [5.74, 6) is 0.194. The number of benzene rings is 1. The zero-order valence-electron chi connectivity index (χ0n) is 9.93. The van der Waals surface area contributed by atoms with E-state index in [9.17, 15) is 4.39 Å². The average Bonchev–Trinajstić information content (AvgIpc) is 2.31. The minimum absolute atomic E-state index is 0.307. The molecule has 0 heterocycles. The van der Waals surface area contributed by atoms with Gasteiger partial charge in [0.2, 0.25) is 0 Å². The van der Waals surface area contributed by atoms with Gasteiger partial charge < -0.3 is 10.1 Å². The van der Waals surface area contributed by atoms with E-state index in [0.29, 0.717) is 12.4 Å². The molecule has 1 rings (SSSR count). The van der Waals surface area contributed by atoms with Crippen molar-refractivity contribution in [2.75, 3.05) is 19.7 Å². The predicted molar refractivity (Wildman–Crippen MR) is 71.9 cm³/mol. The smallest absolute Gasteiger partial charge is 0.136 e. The molecule has 0 radical (unpaired) electrons. The summed E-state index contributed by atoms with van der Waals surface area (Å²) in [5, 5.41) is 3.23. The van der Waals surface area contributed by atoms with Gasteiger partial charge in [-0.05, 0) is 46.6 Å². The molecule has 0 spiro atoms. The van der Waals surface area contributed by atoms with Crippen molar-refractivity contribution >= 4 is 15.9 Å². The van der Waals surface area contributed by atoms with Crippen LogP contribution in [0.5, 0.6) is 5.75 Å². The third kappa shape index (κ3) is 5.33. The topological polar surface area (TPSA) is 21.3 Å². The lowest BCUT2D eigenvalue weighted by atomic mass is 10.3. The van der Waals surface area contributed by atoms with Gasteiger partial charge in [-0.15, -0.1) is 0 Å². The Bertz CT molecular complexity index is 382. The minimum Gasteiger partial charge on any atom is -0.488 e. The van der Waals surface area contributed by atoms with E-state index in [1.54, 1.807) is 6.07 Å². The summed E-state index contributed by atoms with van der Waals surface area (Å²) in [5.41, 5.74) is 0.939. The Morgan fingerprint density at radius 1 is 1.53 bits per heavy atom. The van der Waals surface area contributed by atoms with Gasteiger partial charge in [0.15, 0.2) is 0 Å². The zero-order valence-corrected chi connectivity index (χ0v) is 11.5. The van der Waals surface area contributed by atoms with Crippen molar-refractivity contribution in [1.29, 1.82) is 0 Å². The molecule has 0 amide bonds. The van der Waals surface area contributed by atoms with Gasteiger partial charge in [0.25, 0.3) is 0 Å². The van der Waals surface area contributed by atoms with Crippen LogP contribution in [0.1, 0.15) is 13.3 Å². The highest BCUT2D eigenvalue weighted by molar-refractivity contribution is 9.10. The molecule has 94 valence electrons. The van der Waals surface area contributed by atoms with Crippen molar-refractivity contribution in [2.24, 2.45) is 0 Å². The van der Waals surface area contributed by atoms with E-state index in [2.05, 4.69) is 34.7 Å². The van der Waals surface area contributed by atoms with Gasteiger partial charge in [0.1, 0.15) is 18.2 Å². The van der Waals surface area contributed by atoms with Crippen LogP contribution in [-0.2, 0) is 0 Å². The highest BCUT2D eigenvalue weighted by Crippen LogP contribution is 2.25. The Morgan fingerprint density at radius 3 is 3.00 bits per heavy atom. The molecule has 1 N–H and O–H groups in total.